The number of nitrogens with zero attached hydrogens (tertiary/aromatic N) is 4. The van der Waals surface area contributed by atoms with Crippen molar-refractivity contribution < 1.29 is 14.0 Å². The summed E-state index contributed by atoms with van der Waals surface area (Å²) in [6.07, 6.45) is 7.76. The van der Waals surface area contributed by atoms with E-state index in [0.29, 0.717) is 34.8 Å². The summed E-state index contributed by atoms with van der Waals surface area (Å²) in [5.41, 5.74) is 9.13. The van der Waals surface area contributed by atoms with E-state index in [-0.39, 0.29) is 28.5 Å². The fourth-order valence-electron chi connectivity index (χ4n) is 4.24. The summed E-state index contributed by atoms with van der Waals surface area (Å²) < 4.78 is 5.13. The number of nitrogens with one attached hydrogen (secondary N) is 2. The Hall–Kier alpha value is -4.40. The molecule has 1 saturated heterocycles. The van der Waals surface area contributed by atoms with Crippen molar-refractivity contribution in [3.63, 3.8) is 0 Å². The molecule has 1 fully saturated rings. The van der Waals surface area contributed by atoms with Crippen molar-refractivity contribution in [1.29, 1.82) is 5.26 Å². The van der Waals surface area contributed by atoms with Crippen LogP contribution >= 0.6 is 0 Å². The van der Waals surface area contributed by atoms with Crippen LogP contribution in [0.5, 0.6) is 0 Å². The molecule has 2 aromatic heterocycles. The van der Waals surface area contributed by atoms with E-state index in [0.717, 1.165) is 13.1 Å². The molecule has 0 unspecified atom stereocenters. The highest BCUT2D eigenvalue weighted by Gasteiger charge is 2.34. The summed E-state index contributed by atoms with van der Waals surface area (Å²) in [5.74, 6) is 5.51. The topological polar surface area (TPSA) is 167 Å². The van der Waals surface area contributed by atoms with Crippen molar-refractivity contribution >= 4 is 28.8 Å². The molecule has 0 saturated carbocycles. The second-order valence-electron chi connectivity index (χ2n) is 9.57. The molecule has 2 aromatic rings. The molecular weight excluding hydrogens is 460 g/mol. The largest absolute Gasteiger partial charge is 0.453 e. The number of likely N-dealkylation sites (tertiary alicyclic amines) is 1. The molecule has 11 nitrogen and oxygen atoms in total. The van der Waals surface area contributed by atoms with Crippen molar-refractivity contribution in [1.82, 2.24) is 14.9 Å². The number of carbonyl (C=O) groups excluding carboxylic acids is 2. The van der Waals surface area contributed by atoms with E-state index in [9.17, 15) is 9.59 Å². The monoisotopic (exact) mass is 488 g/mol. The quantitative estimate of drug-likeness (QED) is 0.351. The van der Waals surface area contributed by atoms with E-state index in [1.54, 1.807) is 37.4 Å². The summed E-state index contributed by atoms with van der Waals surface area (Å²) in [7, 11) is 0. The highest BCUT2D eigenvalue weighted by atomic mass is 16.3. The third kappa shape index (κ3) is 5.30. The number of pyridine rings is 1. The number of furan rings is 1. The van der Waals surface area contributed by atoms with Gasteiger partial charge >= 0.3 is 0 Å². The standard InChI is InChI=1S/C25H28N8O3/c1-15-19(8-17(10-29-15)30-22(34)12-32-13-25(2,3)14-32)31-24(35)23(27)20-5-4-16(11-33(20)28)18-6-7-36-21(18)9-26/h4-8,10-11H,12-14,27-28H2,1-3H3,(H,30,34)(H,31,35)/b23-20-. The number of nitriles is 1. The van der Waals surface area contributed by atoms with Gasteiger partial charge in [-0.2, -0.15) is 5.26 Å². The molecule has 0 aromatic carbocycles. The molecular formula is C25H28N8O3. The van der Waals surface area contributed by atoms with E-state index < -0.39 is 5.91 Å². The molecule has 2 amide bonds. The third-order valence-electron chi connectivity index (χ3n) is 5.86. The normalized spacial score (nSPS) is 18.1. The molecule has 0 atom stereocenters. The van der Waals surface area contributed by atoms with Crippen molar-refractivity contribution in [2.45, 2.75) is 20.8 Å². The third-order valence-corrected chi connectivity index (χ3v) is 5.86. The van der Waals surface area contributed by atoms with Crippen molar-refractivity contribution in [2.24, 2.45) is 17.0 Å². The van der Waals surface area contributed by atoms with E-state index in [4.69, 9.17) is 21.3 Å². The number of nitrogens with two attached hydrogens (primary N) is 2. The smallest absolute Gasteiger partial charge is 0.273 e. The molecule has 186 valence electrons. The van der Waals surface area contributed by atoms with E-state index in [1.165, 1.54) is 17.5 Å². The maximum absolute atomic E-state index is 12.9. The number of amides is 2. The minimum Gasteiger partial charge on any atom is -0.453 e. The van der Waals surface area contributed by atoms with Crippen molar-refractivity contribution in [2.75, 3.05) is 30.3 Å². The number of hydrazine groups is 1. The lowest BCUT2D eigenvalue weighted by Crippen LogP contribution is -2.54. The molecule has 2 aliphatic heterocycles. The Bertz CT molecular complexity index is 1340. The van der Waals surface area contributed by atoms with Crippen LogP contribution in [0.1, 0.15) is 30.9 Å². The average Bonchev–Trinajstić information content (AvgIpc) is 3.28. The van der Waals surface area contributed by atoms with Crippen LogP contribution in [0, 0.1) is 23.7 Å². The lowest BCUT2D eigenvalue weighted by atomic mass is 9.84. The second kappa shape index (κ2) is 9.69. The van der Waals surface area contributed by atoms with Crippen LogP contribution in [-0.4, -0.2) is 46.3 Å². The van der Waals surface area contributed by atoms with E-state index in [1.807, 2.05) is 6.07 Å². The maximum Gasteiger partial charge on any atom is 0.273 e. The summed E-state index contributed by atoms with van der Waals surface area (Å²) in [6, 6.07) is 5.26. The Balaban J connectivity index is 1.43. The van der Waals surface area contributed by atoms with Gasteiger partial charge in [0.1, 0.15) is 11.8 Å². The zero-order valence-corrected chi connectivity index (χ0v) is 20.3. The maximum atomic E-state index is 12.9. The van der Waals surface area contributed by atoms with Gasteiger partial charge in [-0.15, -0.1) is 0 Å². The minimum atomic E-state index is -0.584. The van der Waals surface area contributed by atoms with Crippen LogP contribution in [0.3, 0.4) is 0 Å². The predicted octanol–water partition coefficient (Wildman–Crippen LogP) is 2.03. The van der Waals surface area contributed by atoms with Gasteiger partial charge in [0.05, 0.1) is 41.8 Å². The van der Waals surface area contributed by atoms with Crippen LogP contribution in [0.2, 0.25) is 0 Å². The lowest BCUT2D eigenvalue weighted by molar-refractivity contribution is -0.120. The Morgan fingerprint density at radius 3 is 2.69 bits per heavy atom. The molecule has 0 spiro atoms. The Morgan fingerprint density at radius 1 is 1.28 bits per heavy atom. The number of hydrogen-bond acceptors (Lipinski definition) is 9. The zero-order valence-electron chi connectivity index (χ0n) is 20.3. The minimum absolute atomic E-state index is 0.119. The van der Waals surface area contributed by atoms with Crippen molar-refractivity contribution in [3.8, 4) is 6.07 Å². The highest BCUT2D eigenvalue weighted by Crippen LogP contribution is 2.29. The van der Waals surface area contributed by atoms with Crippen LogP contribution in [0.25, 0.3) is 5.57 Å². The van der Waals surface area contributed by atoms with Crippen LogP contribution in [0.4, 0.5) is 11.4 Å². The first-order valence-corrected chi connectivity index (χ1v) is 11.3. The summed E-state index contributed by atoms with van der Waals surface area (Å²) in [5, 5.41) is 15.9. The molecule has 0 radical (unpaired) electrons. The predicted molar refractivity (Wildman–Crippen MR) is 134 cm³/mol. The summed E-state index contributed by atoms with van der Waals surface area (Å²) in [6.45, 7) is 8.08. The van der Waals surface area contributed by atoms with Crippen LogP contribution in [0.15, 0.2) is 58.8 Å². The van der Waals surface area contributed by atoms with Gasteiger partial charge in [0, 0.05) is 30.4 Å². The molecule has 4 heterocycles. The second-order valence-corrected chi connectivity index (χ2v) is 9.57. The van der Waals surface area contributed by atoms with E-state index in [2.05, 4.69) is 34.4 Å². The molecule has 2 aliphatic rings. The Morgan fingerprint density at radius 2 is 2.03 bits per heavy atom. The molecule has 36 heavy (non-hydrogen) atoms. The number of allylic oxidation sites excluding steroid dienone is 3. The van der Waals surface area contributed by atoms with Crippen molar-refractivity contribution in [3.05, 3.63) is 71.4 Å². The molecule has 11 heteroatoms. The molecule has 6 N–H and O–H groups in total. The van der Waals surface area contributed by atoms with Gasteiger partial charge in [0.15, 0.2) is 0 Å². The number of carbonyl (C=O) groups is 2. The highest BCUT2D eigenvalue weighted by molar-refractivity contribution is 6.04. The van der Waals surface area contributed by atoms with Gasteiger partial charge in [0.2, 0.25) is 11.7 Å². The average molecular weight is 489 g/mol. The van der Waals surface area contributed by atoms with E-state index >= 15 is 0 Å². The first kappa shape index (κ1) is 24.7. The lowest BCUT2D eigenvalue weighted by Gasteiger charge is -2.45. The molecule has 4 rings (SSSR count). The van der Waals surface area contributed by atoms with Gasteiger partial charge in [-0.3, -0.25) is 24.5 Å². The van der Waals surface area contributed by atoms with Crippen LogP contribution in [-0.2, 0) is 9.59 Å². The summed E-state index contributed by atoms with van der Waals surface area (Å²) >= 11 is 0. The fourth-order valence-corrected chi connectivity index (χ4v) is 4.24. The van der Waals surface area contributed by atoms with Gasteiger partial charge in [-0.05, 0) is 30.5 Å². The van der Waals surface area contributed by atoms with Gasteiger partial charge in [-0.25, -0.2) is 5.84 Å². The Labute approximate surface area is 208 Å². The number of aromatic nitrogens is 1. The first-order valence-electron chi connectivity index (χ1n) is 11.3. The fraction of sp³-hybridized carbons (Fsp3) is 0.280. The number of hydrogen-bond donors (Lipinski definition) is 4. The molecule has 0 bridgehead atoms. The zero-order chi connectivity index (χ0) is 26.0. The Kier molecular flexibility index (Phi) is 6.65. The van der Waals surface area contributed by atoms with Gasteiger partial charge in [0.25, 0.3) is 5.91 Å². The molecule has 0 aliphatic carbocycles. The van der Waals surface area contributed by atoms with Crippen LogP contribution < -0.4 is 22.2 Å². The number of rotatable bonds is 6. The van der Waals surface area contributed by atoms with Gasteiger partial charge in [-0.1, -0.05) is 19.9 Å². The van der Waals surface area contributed by atoms with Gasteiger partial charge < -0.3 is 20.8 Å². The SMILES string of the molecule is Cc1ncc(NC(=O)CN2CC(C)(C)C2)cc1NC(=O)/C(N)=C1\C=CC(c2ccoc2C#N)=CN1N. The summed E-state index contributed by atoms with van der Waals surface area (Å²) in [4.78, 5) is 31.6. The first-order chi connectivity index (χ1) is 17.1. The number of aryl methyl sites for hydroxylation is 1. The number of anilines is 2.